The van der Waals surface area contributed by atoms with Crippen molar-refractivity contribution in [2.75, 3.05) is 20.1 Å². The predicted molar refractivity (Wildman–Crippen MR) is 78.4 cm³/mol. The highest BCUT2D eigenvalue weighted by molar-refractivity contribution is 7.86. The SMILES string of the molecule is CC1CN(S(=O)(=O)N(C)Cc2ccccc2)CC(C)O1. The van der Waals surface area contributed by atoms with Crippen LogP contribution in [0.15, 0.2) is 30.3 Å². The zero-order chi connectivity index (χ0) is 14.8. The third kappa shape index (κ3) is 3.58. The van der Waals surface area contributed by atoms with Crippen LogP contribution in [0.4, 0.5) is 0 Å². The van der Waals surface area contributed by atoms with Gasteiger partial charge in [-0.1, -0.05) is 30.3 Å². The van der Waals surface area contributed by atoms with Gasteiger partial charge in [0.15, 0.2) is 0 Å². The highest BCUT2D eigenvalue weighted by Crippen LogP contribution is 2.18. The molecule has 2 unspecified atom stereocenters. The van der Waals surface area contributed by atoms with Crippen molar-refractivity contribution in [3.63, 3.8) is 0 Å². The van der Waals surface area contributed by atoms with E-state index in [1.807, 2.05) is 44.2 Å². The van der Waals surface area contributed by atoms with Crippen LogP contribution in [-0.4, -0.2) is 49.4 Å². The summed E-state index contributed by atoms with van der Waals surface area (Å²) in [7, 11) is -1.82. The number of ether oxygens (including phenoxy) is 1. The first kappa shape index (κ1) is 15.4. The van der Waals surface area contributed by atoms with Gasteiger partial charge in [0.2, 0.25) is 0 Å². The van der Waals surface area contributed by atoms with Crippen LogP contribution in [0.25, 0.3) is 0 Å². The molecule has 1 saturated heterocycles. The van der Waals surface area contributed by atoms with E-state index in [1.54, 1.807) is 7.05 Å². The Balaban J connectivity index is 2.09. The van der Waals surface area contributed by atoms with E-state index in [0.29, 0.717) is 19.6 Å². The zero-order valence-corrected chi connectivity index (χ0v) is 13.0. The molecule has 0 aliphatic carbocycles. The summed E-state index contributed by atoms with van der Waals surface area (Å²) >= 11 is 0. The Hall–Kier alpha value is -0.950. The molecule has 1 aliphatic heterocycles. The van der Waals surface area contributed by atoms with Crippen molar-refractivity contribution in [3.8, 4) is 0 Å². The van der Waals surface area contributed by atoms with E-state index in [1.165, 1.54) is 8.61 Å². The average Bonchev–Trinajstić information content (AvgIpc) is 2.38. The van der Waals surface area contributed by atoms with E-state index in [2.05, 4.69) is 0 Å². The van der Waals surface area contributed by atoms with Crippen LogP contribution in [0.3, 0.4) is 0 Å². The van der Waals surface area contributed by atoms with Crippen molar-refractivity contribution in [1.29, 1.82) is 0 Å². The van der Waals surface area contributed by atoms with Crippen molar-refractivity contribution in [2.24, 2.45) is 0 Å². The van der Waals surface area contributed by atoms with Gasteiger partial charge in [-0.05, 0) is 19.4 Å². The Kier molecular flexibility index (Phi) is 4.80. The summed E-state index contributed by atoms with van der Waals surface area (Å²) in [5.41, 5.74) is 0.980. The smallest absolute Gasteiger partial charge is 0.282 e. The third-order valence-corrected chi connectivity index (χ3v) is 5.22. The second kappa shape index (κ2) is 6.22. The molecule has 0 N–H and O–H groups in total. The van der Waals surface area contributed by atoms with Crippen LogP contribution in [0.1, 0.15) is 19.4 Å². The lowest BCUT2D eigenvalue weighted by atomic mass is 10.2. The maximum Gasteiger partial charge on any atom is 0.282 e. The van der Waals surface area contributed by atoms with Gasteiger partial charge in [0.1, 0.15) is 0 Å². The molecule has 0 aromatic heterocycles. The first-order chi connectivity index (χ1) is 9.39. The Morgan fingerprint density at radius 2 is 1.75 bits per heavy atom. The van der Waals surface area contributed by atoms with Gasteiger partial charge in [0.05, 0.1) is 12.2 Å². The molecule has 5 nitrogen and oxygen atoms in total. The Labute approximate surface area is 121 Å². The topological polar surface area (TPSA) is 49.9 Å². The van der Waals surface area contributed by atoms with Crippen molar-refractivity contribution in [1.82, 2.24) is 8.61 Å². The van der Waals surface area contributed by atoms with Crippen LogP contribution in [0.5, 0.6) is 0 Å². The van der Waals surface area contributed by atoms with Crippen LogP contribution in [0, 0.1) is 0 Å². The van der Waals surface area contributed by atoms with Crippen LogP contribution in [-0.2, 0) is 21.5 Å². The molecule has 2 atom stereocenters. The Bertz CT molecular complexity index is 523. The minimum atomic E-state index is -3.44. The van der Waals surface area contributed by atoms with Gasteiger partial charge in [-0.25, -0.2) is 0 Å². The first-order valence-electron chi connectivity index (χ1n) is 6.80. The first-order valence-corrected chi connectivity index (χ1v) is 8.20. The summed E-state index contributed by atoms with van der Waals surface area (Å²) in [6.07, 6.45) is -0.141. The molecule has 6 heteroatoms. The number of rotatable bonds is 4. The van der Waals surface area contributed by atoms with Gasteiger partial charge in [-0.3, -0.25) is 0 Å². The van der Waals surface area contributed by atoms with Crippen LogP contribution < -0.4 is 0 Å². The minimum Gasteiger partial charge on any atom is -0.373 e. The van der Waals surface area contributed by atoms with E-state index in [4.69, 9.17) is 4.74 Å². The van der Waals surface area contributed by atoms with Gasteiger partial charge < -0.3 is 4.74 Å². The molecule has 1 aromatic carbocycles. The van der Waals surface area contributed by atoms with E-state index >= 15 is 0 Å². The molecular weight excluding hydrogens is 276 g/mol. The van der Waals surface area contributed by atoms with Gasteiger partial charge in [-0.2, -0.15) is 17.0 Å². The lowest BCUT2D eigenvalue weighted by molar-refractivity contribution is -0.0453. The summed E-state index contributed by atoms with van der Waals surface area (Å²) in [5, 5.41) is 0. The fourth-order valence-corrected chi connectivity index (χ4v) is 3.94. The second-order valence-electron chi connectivity index (χ2n) is 5.32. The molecule has 1 heterocycles. The normalized spacial score (nSPS) is 25.0. The quantitative estimate of drug-likeness (QED) is 0.846. The summed E-state index contributed by atoms with van der Waals surface area (Å²) in [4.78, 5) is 0. The highest BCUT2D eigenvalue weighted by Gasteiger charge is 2.33. The molecule has 20 heavy (non-hydrogen) atoms. The number of nitrogens with zero attached hydrogens (tertiary/aromatic N) is 2. The van der Waals surface area contributed by atoms with Crippen molar-refractivity contribution in [3.05, 3.63) is 35.9 Å². The maximum absolute atomic E-state index is 12.6. The van der Waals surface area contributed by atoms with E-state index < -0.39 is 10.2 Å². The van der Waals surface area contributed by atoms with Gasteiger partial charge in [0, 0.05) is 26.7 Å². The van der Waals surface area contributed by atoms with Crippen LogP contribution in [0.2, 0.25) is 0 Å². The van der Waals surface area contributed by atoms with Gasteiger partial charge in [0.25, 0.3) is 10.2 Å². The average molecular weight is 298 g/mol. The fraction of sp³-hybridized carbons (Fsp3) is 0.571. The summed E-state index contributed by atoms with van der Waals surface area (Å²) in [6.45, 7) is 4.99. The number of hydrogen-bond acceptors (Lipinski definition) is 3. The second-order valence-corrected chi connectivity index (χ2v) is 7.36. The monoisotopic (exact) mass is 298 g/mol. The van der Waals surface area contributed by atoms with E-state index in [0.717, 1.165) is 5.56 Å². The fourth-order valence-electron chi connectivity index (χ4n) is 2.44. The van der Waals surface area contributed by atoms with E-state index in [-0.39, 0.29) is 12.2 Å². The number of benzene rings is 1. The summed E-state index contributed by atoms with van der Waals surface area (Å²) in [6, 6.07) is 9.60. The summed E-state index contributed by atoms with van der Waals surface area (Å²) < 4.78 is 33.6. The Morgan fingerprint density at radius 1 is 1.20 bits per heavy atom. The molecule has 2 rings (SSSR count). The van der Waals surface area contributed by atoms with Crippen LogP contribution >= 0.6 is 0 Å². The minimum absolute atomic E-state index is 0.0707. The maximum atomic E-state index is 12.6. The number of hydrogen-bond donors (Lipinski definition) is 0. The van der Waals surface area contributed by atoms with Crippen molar-refractivity contribution in [2.45, 2.75) is 32.6 Å². The van der Waals surface area contributed by atoms with E-state index in [9.17, 15) is 8.42 Å². The largest absolute Gasteiger partial charge is 0.373 e. The molecule has 0 bridgehead atoms. The number of morpholine rings is 1. The highest BCUT2D eigenvalue weighted by atomic mass is 32.2. The molecular formula is C14H22N2O3S. The molecule has 1 fully saturated rings. The lowest BCUT2D eigenvalue weighted by Gasteiger charge is -2.36. The lowest BCUT2D eigenvalue weighted by Crippen LogP contribution is -2.52. The molecule has 0 amide bonds. The van der Waals surface area contributed by atoms with Gasteiger partial charge >= 0.3 is 0 Å². The molecule has 0 radical (unpaired) electrons. The molecule has 112 valence electrons. The third-order valence-electron chi connectivity index (χ3n) is 3.35. The predicted octanol–water partition coefficient (Wildman–Crippen LogP) is 1.47. The molecule has 0 saturated carbocycles. The molecule has 1 aliphatic rings. The molecule has 1 aromatic rings. The van der Waals surface area contributed by atoms with Crippen molar-refractivity contribution >= 4 is 10.2 Å². The Morgan fingerprint density at radius 3 is 2.30 bits per heavy atom. The van der Waals surface area contributed by atoms with Gasteiger partial charge in [-0.15, -0.1) is 0 Å². The molecule has 0 spiro atoms. The van der Waals surface area contributed by atoms with Crippen molar-refractivity contribution < 1.29 is 13.2 Å². The standard InChI is InChI=1S/C14H22N2O3S/c1-12-9-16(10-13(2)19-12)20(17,18)15(3)11-14-7-5-4-6-8-14/h4-8,12-13H,9-11H2,1-3H3. The summed E-state index contributed by atoms with van der Waals surface area (Å²) in [5.74, 6) is 0. The zero-order valence-electron chi connectivity index (χ0n) is 12.2.